The van der Waals surface area contributed by atoms with E-state index in [1.165, 1.54) is 0 Å². The van der Waals surface area contributed by atoms with Crippen molar-refractivity contribution in [1.82, 2.24) is 29.1 Å². The van der Waals surface area contributed by atoms with Crippen molar-refractivity contribution in [3.8, 4) is 56.9 Å². The van der Waals surface area contributed by atoms with Crippen LogP contribution in [-0.4, -0.2) is 29.1 Å². The molecular formula is C56H34N6O. The van der Waals surface area contributed by atoms with Gasteiger partial charge >= 0.3 is 0 Å². The van der Waals surface area contributed by atoms with Crippen molar-refractivity contribution in [3.05, 3.63) is 206 Å². The summed E-state index contributed by atoms with van der Waals surface area (Å²) < 4.78 is 11.8. The van der Waals surface area contributed by atoms with Crippen LogP contribution in [0.2, 0.25) is 0 Å². The van der Waals surface area contributed by atoms with Crippen molar-refractivity contribution in [3.63, 3.8) is 0 Å². The third-order valence-electron chi connectivity index (χ3n) is 12.2. The Morgan fingerprint density at radius 2 is 0.667 bits per heavy atom. The zero-order valence-electron chi connectivity index (χ0n) is 33.7. The van der Waals surface area contributed by atoms with Crippen LogP contribution in [0, 0.1) is 0 Å². The Labute approximate surface area is 360 Å². The van der Waals surface area contributed by atoms with Crippen LogP contribution in [0.25, 0.3) is 122 Å². The molecule has 7 nitrogen and oxygen atoms in total. The highest BCUT2D eigenvalue weighted by molar-refractivity contribution is 6.29. The predicted octanol–water partition coefficient (Wildman–Crippen LogP) is 14.0. The molecule has 0 unspecified atom stereocenters. The van der Waals surface area contributed by atoms with Crippen molar-refractivity contribution in [2.24, 2.45) is 0 Å². The van der Waals surface area contributed by atoms with Crippen LogP contribution in [0.3, 0.4) is 0 Å². The van der Waals surface area contributed by atoms with Gasteiger partial charge in [-0.05, 0) is 36.4 Å². The summed E-state index contributed by atoms with van der Waals surface area (Å²) in [4.78, 5) is 20.7. The molecule has 0 amide bonds. The van der Waals surface area contributed by atoms with E-state index in [1.807, 2.05) is 72.8 Å². The molecular weight excluding hydrogens is 773 g/mol. The van der Waals surface area contributed by atoms with E-state index in [1.54, 1.807) is 0 Å². The normalized spacial score (nSPS) is 11.8. The highest BCUT2D eigenvalue weighted by Gasteiger charge is 2.24. The lowest BCUT2D eigenvalue weighted by Crippen LogP contribution is -2.02. The first-order valence-electron chi connectivity index (χ1n) is 21.1. The maximum Gasteiger partial charge on any atom is 0.162 e. The van der Waals surface area contributed by atoms with Gasteiger partial charge in [0.1, 0.15) is 22.8 Å². The van der Waals surface area contributed by atoms with E-state index in [0.717, 1.165) is 111 Å². The molecule has 0 N–H and O–H groups in total. The largest absolute Gasteiger partial charge is 0.455 e. The Morgan fingerprint density at radius 3 is 1.08 bits per heavy atom. The van der Waals surface area contributed by atoms with E-state index in [4.69, 9.17) is 24.4 Å². The van der Waals surface area contributed by atoms with Crippen molar-refractivity contribution in [2.45, 2.75) is 0 Å². The van der Waals surface area contributed by atoms with Crippen LogP contribution in [0.1, 0.15) is 0 Å². The second-order valence-corrected chi connectivity index (χ2v) is 15.8. The Morgan fingerprint density at radius 1 is 0.302 bits per heavy atom. The third-order valence-corrected chi connectivity index (χ3v) is 12.2. The fraction of sp³-hybridized carbons (Fsp3) is 0. The summed E-state index contributed by atoms with van der Waals surface area (Å²) >= 11 is 0. The molecule has 7 heteroatoms. The lowest BCUT2D eigenvalue weighted by molar-refractivity contribution is 0.677. The predicted molar refractivity (Wildman–Crippen MR) is 255 cm³/mol. The Bertz CT molecular complexity index is 3520. The lowest BCUT2D eigenvalue weighted by atomic mass is 10.1. The molecule has 0 fully saturated rings. The summed E-state index contributed by atoms with van der Waals surface area (Å²) in [6.45, 7) is 0. The Kier molecular flexibility index (Phi) is 7.77. The van der Waals surface area contributed by atoms with Crippen LogP contribution >= 0.6 is 0 Å². The number of rotatable bonds is 6. The highest BCUT2D eigenvalue weighted by Crippen LogP contribution is 2.45. The van der Waals surface area contributed by atoms with Crippen LogP contribution in [0.15, 0.2) is 211 Å². The minimum atomic E-state index is 0.664. The zero-order chi connectivity index (χ0) is 41.4. The molecule has 5 heterocycles. The van der Waals surface area contributed by atoms with Gasteiger partial charge in [-0.25, -0.2) is 19.9 Å². The van der Waals surface area contributed by atoms with E-state index in [-0.39, 0.29) is 0 Å². The van der Waals surface area contributed by atoms with Crippen LogP contribution in [-0.2, 0) is 0 Å². The SMILES string of the molecule is c1ccc(-c2cc(-n3c4ccccc4c4c5oc6c(ccc7c6c6ccccc6n7-c6cc(-c7ccccc7)nc(-c7ccccc7)n6)c5ccc43)nc(-c3ccccc3)n2)cc1. The van der Waals surface area contributed by atoms with Gasteiger partial charge in [-0.15, -0.1) is 0 Å². The highest BCUT2D eigenvalue weighted by atomic mass is 16.3. The molecule has 13 rings (SSSR count). The number of benzene rings is 8. The zero-order valence-corrected chi connectivity index (χ0v) is 33.7. The standard InChI is InChI=1S/C56H34N6O/c1-5-17-35(18-6-1)43-33-49(59-55(57-43)37-21-9-3-10-22-37)61-45-27-15-13-25-41(45)51-47(61)31-29-39-40-30-32-48-52(54(40)63-53(39)51)42-26-14-16-28-46(42)62(48)50-34-44(36-19-7-2-8-20-36)58-56(60-50)38-23-11-4-12-24-38/h1-34H. The molecule has 0 spiro atoms. The van der Waals surface area contributed by atoms with Gasteiger partial charge in [-0.2, -0.15) is 0 Å². The fourth-order valence-corrected chi connectivity index (χ4v) is 9.33. The van der Waals surface area contributed by atoms with Crippen molar-refractivity contribution < 1.29 is 4.42 Å². The summed E-state index contributed by atoms with van der Waals surface area (Å²) in [7, 11) is 0. The van der Waals surface area contributed by atoms with Crippen molar-refractivity contribution >= 4 is 65.6 Å². The van der Waals surface area contributed by atoms with E-state index < -0.39 is 0 Å². The van der Waals surface area contributed by atoms with E-state index in [2.05, 4.69) is 143 Å². The smallest absolute Gasteiger partial charge is 0.162 e. The lowest BCUT2D eigenvalue weighted by Gasteiger charge is -2.12. The van der Waals surface area contributed by atoms with Crippen LogP contribution in [0.5, 0.6) is 0 Å². The number of para-hydroxylation sites is 2. The number of aromatic nitrogens is 6. The van der Waals surface area contributed by atoms with Gasteiger partial charge in [0.2, 0.25) is 0 Å². The second kappa shape index (κ2) is 13.9. The summed E-state index contributed by atoms with van der Waals surface area (Å²) in [6, 6.07) is 71.1. The first-order chi connectivity index (χ1) is 31.2. The van der Waals surface area contributed by atoms with Crippen LogP contribution < -0.4 is 0 Å². The van der Waals surface area contributed by atoms with Gasteiger partial charge in [-0.1, -0.05) is 158 Å². The molecule has 5 aromatic heterocycles. The minimum absolute atomic E-state index is 0.664. The number of hydrogen-bond donors (Lipinski definition) is 0. The summed E-state index contributed by atoms with van der Waals surface area (Å²) in [5.74, 6) is 2.89. The van der Waals surface area contributed by atoms with Gasteiger partial charge < -0.3 is 4.42 Å². The number of fused-ring (bicyclic) bond motifs is 11. The molecule has 0 aliphatic heterocycles. The van der Waals surface area contributed by atoms with Gasteiger partial charge in [0.05, 0.1) is 44.2 Å². The molecule has 8 aromatic carbocycles. The maximum atomic E-state index is 7.27. The molecule has 63 heavy (non-hydrogen) atoms. The summed E-state index contributed by atoms with van der Waals surface area (Å²) in [6.07, 6.45) is 0. The first kappa shape index (κ1) is 35.1. The number of hydrogen-bond acceptors (Lipinski definition) is 5. The quantitative estimate of drug-likeness (QED) is 0.167. The van der Waals surface area contributed by atoms with Crippen molar-refractivity contribution in [1.29, 1.82) is 0 Å². The molecule has 0 saturated carbocycles. The summed E-state index contributed by atoms with van der Waals surface area (Å²) in [5.41, 5.74) is 11.4. The van der Waals surface area contributed by atoms with Gasteiger partial charge in [0.25, 0.3) is 0 Å². The van der Waals surface area contributed by atoms with Crippen molar-refractivity contribution in [2.75, 3.05) is 0 Å². The molecule has 0 aliphatic rings. The molecule has 0 bridgehead atoms. The van der Waals surface area contributed by atoms with Crippen LogP contribution in [0.4, 0.5) is 0 Å². The van der Waals surface area contributed by atoms with E-state index >= 15 is 0 Å². The molecule has 0 atom stereocenters. The molecule has 0 saturated heterocycles. The topological polar surface area (TPSA) is 74.6 Å². The summed E-state index contributed by atoms with van der Waals surface area (Å²) in [5, 5.41) is 6.34. The maximum absolute atomic E-state index is 7.27. The average molecular weight is 807 g/mol. The molecule has 294 valence electrons. The average Bonchev–Trinajstić information content (AvgIpc) is 4.02. The molecule has 0 radical (unpaired) electrons. The monoisotopic (exact) mass is 806 g/mol. The Hall–Kier alpha value is -8.68. The number of nitrogens with zero attached hydrogens (tertiary/aromatic N) is 6. The van der Waals surface area contributed by atoms with E-state index in [0.29, 0.717) is 11.6 Å². The van der Waals surface area contributed by atoms with Gasteiger partial charge in [0, 0.05) is 55.9 Å². The van der Waals surface area contributed by atoms with Gasteiger partial charge in [0.15, 0.2) is 11.6 Å². The fourth-order valence-electron chi connectivity index (χ4n) is 9.33. The minimum Gasteiger partial charge on any atom is -0.455 e. The third kappa shape index (κ3) is 5.53. The van der Waals surface area contributed by atoms with E-state index in [9.17, 15) is 0 Å². The van der Waals surface area contributed by atoms with Gasteiger partial charge in [-0.3, -0.25) is 9.13 Å². The molecule has 0 aliphatic carbocycles. The first-order valence-corrected chi connectivity index (χ1v) is 21.1. The number of furan rings is 1. The molecule has 13 aromatic rings. The Balaban J connectivity index is 1.07. The second-order valence-electron chi connectivity index (χ2n) is 15.8.